The molecule has 1 saturated heterocycles. The molecule has 0 radical (unpaired) electrons. The molecule has 0 bridgehead atoms. The van der Waals surface area contributed by atoms with E-state index >= 15 is 0 Å². The topological polar surface area (TPSA) is 50.4 Å². The summed E-state index contributed by atoms with van der Waals surface area (Å²) < 4.78 is 5.30. The number of rotatable bonds is 2. The largest absolute Gasteiger partial charge is 0.444 e. The molecular formula is C12H22N2O2. The Balaban J connectivity index is 1.86. The summed E-state index contributed by atoms with van der Waals surface area (Å²) in [5, 5.41) is 6.50. The Bertz CT molecular complexity index is 273. The number of nitrogens with one attached hydrogen (secondary N) is 2. The Morgan fingerprint density at radius 2 is 2.12 bits per heavy atom. The van der Waals surface area contributed by atoms with Gasteiger partial charge in [-0.15, -0.1) is 0 Å². The predicted octanol–water partition coefficient (Wildman–Crippen LogP) is 1.80. The van der Waals surface area contributed by atoms with Crippen molar-refractivity contribution in [3.8, 4) is 0 Å². The van der Waals surface area contributed by atoms with Crippen LogP contribution in [0.25, 0.3) is 0 Å². The average molecular weight is 226 g/mol. The Labute approximate surface area is 97.1 Å². The molecule has 0 aromatic rings. The summed E-state index contributed by atoms with van der Waals surface area (Å²) >= 11 is 0. The molecule has 2 fully saturated rings. The molecule has 0 aromatic carbocycles. The third-order valence-electron chi connectivity index (χ3n) is 3.27. The van der Waals surface area contributed by atoms with E-state index in [1.165, 1.54) is 6.42 Å². The summed E-state index contributed by atoms with van der Waals surface area (Å²) in [6.07, 6.45) is 4.24. The summed E-state index contributed by atoms with van der Waals surface area (Å²) in [5.41, 5.74) is -0.428. The minimum Gasteiger partial charge on any atom is -0.444 e. The number of hydrogen-bond donors (Lipinski definition) is 2. The van der Waals surface area contributed by atoms with E-state index in [4.69, 9.17) is 4.74 Å². The van der Waals surface area contributed by atoms with Crippen molar-refractivity contribution in [3.05, 3.63) is 0 Å². The van der Waals surface area contributed by atoms with E-state index < -0.39 is 5.60 Å². The lowest BCUT2D eigenvalue weighted by atomic mass is 10.0. The highest BCUT2D eigenvalue weighted by Gasteiger charge is 2.51. The maximum absolute atomic E-state index is 11.7. The summed E-state index contributed by atoms with van der Waals surface area (Å²) in [7, 11) is 0. The van der Waals surface area contributed by atoms with Crippen LogP contribution in [0.3, 0.4) is 0 Å². The van der Waals surface area contributed by atoms with Crippen molar-refractivity contribution in [2.45, 2.75) is 63.6 Å². The zero-order chi connectivity index (χ0) is 11.8. The second-order valence-corrected chi connectivity index (χ2v) is 5.93. The lowest BCUT2D eigenvalue weighted by molar-refractivity contribution is 0.0485. The predicted molar refractivity (Wildman–Crippen MR) is 62.4 cm³/mol. The van der Waals surface area contributed by atoms with Crippen LogP contribution in [0.15, 0.2) is 0 Å². The zero-order valence-corrected chi connectivity index (χ0v) is 10.4. The van der Waals surface area contributed by atoms with Gasteiger partial charge in [-0.3, -0.25) is 0 Å². The molecule has 2 N–H and O–H groups in total. The molecule has 92 valence electrons. The summed E-state index contributed by atoms with van der Waals surface area (Å²) in [6, 6.07) is 0.444. The van der Waals surface area contributed by atoms with Crippen LogP contribution in [0.5, 0.6) is 0 Å². The minimum atomic E-state index is -0.413. The molecular weight excluding hydrogens is 204 g/mol. The van der Waals surface area contributed by atoms with Crippen molar-refractivity contribution in [2.24, 2.45) is 0 Å². The lowest BCUT2D eigenvalue weighted by Gasteiger charge is -2.27. The number of carbonyl (C=O) groups excluding carboxylic acids is 1. The monoisotopic (exact) mass is 226 g/mol. The van der Waals surface area contributed by atoms with E-state index in [9.17, 15) is 4.79 Å². The Morgan fingerprint density at radius 1 is 1.44 bits per heavy atom. The first-order valence-corrected chi connectivity index (χ1v) is 6.16. The second-order valence-electron chi connectivity index (χ2n) is 5.93. The van der Waals surface area contributed by atoms with Gasteiger partial charge in [0.25, 0.3) is 0 Å². The summed E-state index contributed by atoms with van der Waals surface area (Å²) in [5.74, 6) is 0. The van der Waals surface area contributed by atoms with Gasteiger partial charge >= 0.3 is 6.09 Å². The number of carbonyl (C=O) groups is 1. The second kappa shape index (κ2) is 3.91. The number of amides is 1. The van der Waals surface area contributed by atoms with Crippen molar-refractivity contribution in [3.63, 3.8) is 0 Å². The third kappa shape index (κ3) is 2.67. The van der Waals surface area contributed by atoms with Gasteiger partial charge in [0, 0.05) is 6.04 Å². The molecule has 0 unspecified atom stereocenters. The first-order chi connectivity index (χ1) is 7.41. The molecule has 4 heteroatoms. The van der Waals surface area contributed by atoms with Gasteiger partial charge in [0.2, 0.25) is 0 Å². The SMILES string of the molecule is CC(C)(C)OC(=O)NC1([C@H]2CCCN2)CC1. The Morgan fingerprint density at radius 3 is 2.56 bits per heavy atom. The van der Waals surface area contributed by atoms with Crippen LogP contribution in [-0.4, -0.2) is 29.8 Å². The molecule has 2 aliphatic rings. The first-order valence-electron chi connectivity index (χ1n) is 6.16. The smallest absolute Gasteiger partial charge is 0.408 e. The van der Waals surface area contributed by atoms with Crippen molar-refractivity contribution < 1.29 is 9.53 Å². The third-order valence-corrected chi connectivity index (χ3v) is 3.27. The van der Waals surface area contributed by atoms with E-state index in [0.717, 1.165) is 25.8 Å². The average Bonchev–Trinajstić information content (AvgIpc) is 2.71. The van der Waals surface area contributed by atoms with Crippen LogP contribution < -0.4 is 10.6 Å². The quantitative estimate of drug-likeness (QED) is 0.755. The van der Waals surface area contributed by atoms with Gasteiger partial charge in [0.1, 0.15) is 5.60 Å². The molecule has 1 heterocycles. The van der Waals surface area contributed by atoms with E-state index in [1.807, 2.05) is 20.8 Å². The molecule has 16 heavy (non-hydrogen) atoms. The Hall–Kier alpha value is -0.770. The molecule has 4 nitrogen and oxygen atoms in total. The fourth-order valence-electron chi connectivity index (χ4n) is 2.36. The van der Waals surface area contributed by atoms with Gasteiger partial charge in [-0.25, -0.2) is 4.79 Å². The highest BCUT2D eigenvalue weighted by Crippen LogP contribution is 2.41. The van der Waals surface area contributed by atoms with Crippen molar-refractivity contribution in [1.82, 2.24) is 10.6 Å². The first kappa shape index (κ1) is 11.7. The molecule has 0 spiro atoms. The molecule has 1 amide bonds. The van der Waals surface area contributed by atoms with Crippen LogP contribution in [0, 0.1) is 0 Å². The standard InChI is InChI=1S/C12H22N2O2/c1-11(2,3)16-10(15)14-12(6-7-12)9-5-4-8-13-9/h9,13H,4-8H2,1-3H3,(H,14,15)/t9-/m1/s1. The van der Waals surface area contributed by atoms with E-state index in [2.05, 4.69) is 10.6 Å². The van der Waals surface area contributed by atoms with Gasteiger partial charge in [0.15, 0.2) is 0 Å². The normalized spacial score (nSPS) is 27.6. The van der Waals surface area contributed by atoms with Crippen LogP contribution in [-0.2, 0) is 4.74 Å². The molecule has 0 aromatic heterocycles. The van der Waals surface area contributed by atoms with E-state index in [0.29, 0.717) is 6.04 Å². The van der Waals surface area contributed by atoms with Gasteiger partial charge in [-0.2, -0.15) is 0 Å². The summed E-state index contributed by atoms with van der Waals surface area (Å²) in [4.78, 5) is 11.7. The van der Waals surface area contributed by atoms with Crippen molar-refractivity contribution in [1.29, 1.82) is 0 Å². The fraction of sp³-hybridized carbons (Fsp3) is 0.917. The van der Waals surface area contributed by atoms with Crippen LogP contribution in [0.4, 0.5) is 4.79 Å². The van der Waals surface area contributed by atoms with Crippen molar-refractivity contribution >= 4 is 6.09 Å². The molecule has 1 aliphatic heterocycles. The number of hydrogen-bond acceptors (Lipinski definition) is 3. The molecule has 1 aliphatic carbocycles. The van der Waals surface area contributed by atoms with Crippen LogP contribution in [0.2, 0.25) is 0 Å². The zero-order valence-electron chi connectivity index (χ0n) is 10.4. The van der Waals surface area contributed by atoms with Gasteiger partial charge < -0.3 is 15.4 Å². The molecule has 1 atom stereocenters. The number of ether oxygens (including phenoxy) is 1. The molecule has 2 rings (SSSR count). The highest BCUT2D eigenvalue weighted by atomic mass is 16.6. The minimum absolute atomic E-state index is 0.0150. The van der Waals surface area contributed by atoms with Crippen LogP contribution >= 0.6 is 0 Å². The van der Waals surface area contributed by atoms with Crippen molar-refractivity contribution in [2.75, 3.05) is 6.54 Å². The van der Waals surface area contributed by atoms with E-state index in [-0.39, 0.29) is 11.6 Å². The molecule has 1 saturated carbocycles. The van der Waals surface area contributed by atoms with Gasteiger partial charge in [-0.05, 0) is 53.0 Å². The van der Waals surface area contributed by atoms with Gasteiger partial charge in [0.05, 0.1) is 5.54 Å². The maximum Gasteiger partial charge on any atom is 0.408 e. The lowest BCUT2D eigenvalue weighted by Crippen LogP contribution is -2.51. The van der Waals surface area contributed by atoms with Gasteiger partial charge in [-0.1, -0.05) is 0 Å². The van der Waals surface area contributed by atoms with E-state index in [1.54, 1.807) is 0 Å². The fourth-order valence-corrected chi connectivity index (χ4v) is 2.36. The summed E-state index contributed by atoms with van der Waals surface area (Å²) in [6.45, 7) is 6.74. The highest BCUT2D eigenvalue weighted by molar-refractivity contribution is 5.69. The maximum atomic E-state index is 11.7. The number of alkyl carbamates (subject to hydrolysis) is 1. The van der Waals surface area contributed by atoms with Crippen LogP contribution in [0.1, 0.15) is 46.5 Å². The Kier molecular flexibility index (Phi) is 2.86.